The number of hydrogen-bond acceptors (Lipinski definition) is 5. The van der Waals surface area contributed by atoms with Crippen molar-refractivity contribution in [2.45, 2.75) is 23.7 Å². The summed E-state index contributed by atoms with van der Waals surface area (Å²) in [7, 11) is -3.84. The lowest BCUT2D eigenvalue weighted by Crippen LogP contribution is -2.27. The van der Waals surface area contributed by atoms with E-state index in [9.17, 15) is 18.0 Å². The lowest BCUT2D eigenvalue weighted by molar-refractivity contribution is -0.128. The highest BCUT2D eigenvalue weighted by Crippen LogP contribution is 2.39. The maximum absolute atomic E-state index is 12.9. The third-order valence-electron chi connectivity index (χ3n) is 6.56. The first-order valence-electron chi connectivity index (χ1n) is 12.5. The molecule has 1 fully saturated rings. The zero-order valence-electron chi connectivity index (χ0n) is 21.5. The van der Waals surface area contributed by atoms with Crippen molar-refractivity contribution in [3.05, 3.63) is 124 Å². The molecule has 4 aromatic carbocycles. The second kappa shape index (κ2) is 11.8. The van der Waals surface area contributed by atoms with Crippen molar-refractivity contribution in [2.24, 2.45) is 0 Å². The topological polar surface area (TPSA) is 95.6 Å². The molecule has 40 heavy (non-hydrogen) atoms. The van der Waals surface area contributed by atoms with Gasteiger partial charge in [0.25, 0.3) is 15.9 Å². The predicted octanol–water partition coefficient (Wildman–Crippen LogP) is 6.48. The molecule has 1 heterocycles. The number of nitrogens with one attached hydrogen (secondary N) is 2. The minimum absolute atomic E-state index is 0.0536. The van der Waals surface area contributed by atoms with Gasteiger partial charge in [-0.1, -0.05) is 60.1 Å². The molecule has 5 rings (SSSR count). The Morgan fingerprint density at radius 2 is 1.65 bits per heavy atom. The Morgan fingerprint density at radius 3 is 2.35 bits per heavy atom. The SMILES string of the molecule is Cc1c(Cl)cccc1NS(=O)(=O)c1ccc(NC(=O)c2ccc(C3SCC(=O)N3Cc3ccccc3)cc2)cc1. The van der Waals surface area contributed by atoms with Crippen molar-refractivity contribution in [3.8, 4) is 0 Å². The molecule has 2 amide bonds. The molecule has 0 spiro atoms. The fraction of sp³-hybridized carbons (Fsp3) is 0.133. The van der Waals surface area contributed by atoms with Gasteiger partial charge in [0.05, 0.1) is 16.3 Å². The first-order valence-corrected chi connectivity index (χ1v) is 15.4. The zero-order chi connectivity index (χ0) is 28.3. The van der Waals surface area contributed by atoms with Crippen molar-refractivity contribution in [2.75, 3.05) is 15.8 Å². The van der Waals surface area contributed by atoms with Gasteiger partial charge in [0, 0.05) is 22.8 Å². The average Bonchev–Trinajstić information content (AvgIpc) is 3.31. The minimum Gasteiger partial charge on any atom is -0.322 e. The Kier molecular flexibility index (Phi) is 8.16. The number of sulfonamides is 1. The van der Waals surface area contributed by atoms with E-state index < -0.39 is 10.0 Å². The van der Waals surface area contributed by atoms with Gasteiger partial charge >= 0.3 is 0 Å². The molecule has 1 atom stereocenters. The summed E-state index contributed by atoms with van der Waals surface area (Å²) >= 11 is 7.67. The molecule has 0 radical (unpaired) electrons. The van der Waals surface area contributed by atoms with Crippen LogP contribution in [0, 0.1) is 6.92 Å². The smallest absolute Gasteiger partial charge is 0.261 e. The van der Waals surface area contributed by atoms with Gasteiger partial charge < -0.3 is 10.2 Å². The molecule has 204 valence electrons. The Bertz CT molecular complexity index is 1650. The standard InChI is InChI=1S/C30H26ClN3O4S2/c1-20-26(31)8-5-9-27(20)33-40(37,38)25-16-14-24(15-17-25)32-29(36)22-10-12-23(13-11-22)30-34(28(35)19-39-30)18-21-6-3-2-4-7-21/h2-17,30,33H,18-19H2,1H3,(H,32,36). The Hall–Kier alpha value is -3.79. The van der Waals surface area contributed by atoms with Crippen LogP contribution in [0.1, 0.15) is 32.4 Å². The molecular weight excluding hydrogens is 566 g/mol. The van der Waals surface area contributed by atoms with Gasteiger partial charge in [-0.15, -0.1) is 11.8 Å². The van der Waals surface area contributed by atoms with E-state index in [0.29, 0.717) is 39.8 Å². The fourth-order valence-electron chi connectivity index (χ4n) is 4.32. The minimum atomic E-state index is -3.84. The van der Waals surface area contributed by atoms with Crippen LogP contribution in [0.2, 0.25) is 5.02 Å². The van der Waals surface area contributed by atoms with Gasteiger partial charge in [0.2, 0.25) is 5.91 Å². The number of benzene rings is 4. The number of carbonyl (C=O) groups is 2. The van der Waals surface area contributed by atoms with Crippen molar-refractivity contribution in [1.29, 1.82) is 0 Å². The van der Waals surface area contributed by atoms with Crippen LogP contribution in [0.15, 0.2) is 102 Å². The number of hydrogen-bond donors (Lipinski definition) is 2. The van der Waals surface area contributed by atoms with Crippen LogP contribution in [0.3, 0.4) is 0 Å². The first kappa shape index (κ1) is 27.8. The number of amides is 2. The molecular formula is C30H26ClN3O4S2. The number of nitrogens with zero attached hydrogens (tertiary/aromatic N) is 1. The quantitative estimate of drug-likeness (QED) is 0.245. The molecule has 7 nitrogen and oxygen atoms in total. The second-order valence-corrected chi connectivity index (χ2v) is 12.4. The van der Waals surface area contributed by atoms with Crippen LogP contribution >= 0.6 is 23.4 Å². The summed E-state index contributed by atoms with van der Waals surface area (Å²) in [6.45, 7) is 2.26. The second-order valence-electron chi connectivity index (χ2n) is 9.29. The largest absolute Gasteiger partial charge is 0.322 e. The van der Waals surface area contributed by atoms with Crippen molar-refractivity contribution >= 4 is 56.6 Å². The Labute approximate surface area is 242 Å². The molecule has 1 unspecified atom stereocenters. The van der Waals surface area contributed by atoms with Crippen LogP contribution in [0.5, 0.6) is 0 Å². The average molecular weight is 592 g/mol. The summed E-state index contributed by atoms with van der Waals surface area (Å²) < 4.78 is 28.2. The van der Waals surface area contributed by atoms with Crippen molar-refractivity contribution in [1.82, 2.24) is 4.90 Å². The van der Waals surface area contributed by atoms with Crippen LogP contribution in [-0.2, 0) is 21.4 Å². The molecule has 0 aromatic heterocycles. The van der Waals surface area contributed by atoms with Gasteiger partial charge in [0.1, 0.15) is 5.37 Å². The van der Waals surface area contributed by atoms with Crippen LogP contribution in [-0.4, -0.2) is 30.9 Å². The maximum atomic E-state index is 12.9. The molecule has 1 aliphatic heterocycles. The Balaban J connectivity index is 1.23. The normalized spacial score (nSPS) is 15.2. The third kappa shape index (κ3) is 6.17. The van der Waals surface area contributed by atoms with Gasteiger partial charge in [-0.3, -0.25) is 14.3 Å². The monoisotopic (exact) mass is 591 g/mol. The van der Waals surface area contributed by atoms with Crippen LogP contribution in [0.25, 0.3) is 0 Å². The van der Waals surface area contributed by atoms with Crippen LogP contribution in [0.4, 0.5) is 11.4 Å². The van der Waals surface area contributed by atoms with Crippen molar-refractivity contribution in [3.63, 3.8) is 0 Å². The molecule has 4 aromatic rings. The highest BCUT2D eigenvalue weighted by atomic mass is 35.5. The molecule has 0 saturated carbocycles. The highest BCUT2D eigenvalue weighted by Gasteiger charge is 2.32. The van der Waals surface area contributed by atoms with E-state index in [2.05, 4.69) is 10.0 Å². The fourth-order valence-corrected chi connectivity index (χ4v) is 6.81. The molecule has 0 aliphatic carbocycles. The molecule has 2 N–H and O–H groups in total. The third-order valence-corrected chi connectivity index (χ3v) is 9.60. The predicted molar refractivity (Wildman–Crippen MR) is 160 cm³/mol. The lowest BCUT2D eigenvalue weighted by Gasteiger charge is -2.24. The lowest BCUT2D eigenvalue weighted by atomic mass is 10.1. The van der Waals surface area contributed by atoms with Gasteiger partial charge in [-0.25, -0.2) is 8.42 Å². The summed E-state index contributed by atoms with van der Waals surface area (Å²) in [6, 6.07) is 28.0. The zero-order valence-corrected chi connectivity index (χ0v) is 23.9. The number of thioether (sulfide) groups is 1. The Morgan fingerprint density at radius 1 is 0.950 bits per heavy atom. The number of halogens is 1. The summed E-state index contributed by atoms with van der Waals surface area (Å²) in [6.07, 6.45) is 0. The van der Waals surface area contributed by atoms with E-state index in [1.807, 2.05) is 47.4 Å². The molecule has 1 saturated heterocycles. The van der Waals surface area contributed by atoms with E-state index in [-0.39, 0.29) is 22.1 Å². The number of rotatable bonds is 8. The first-order chi connectivity index (χ1) is 19.2. The molecule has 10 heteroatoms. The molecule has 1 aliphatic rings. The van der Waals surface area contributed by atoms with Gasteiger partial charge in [-0.2, -0.15) is 0 Å². The number of carbonyl (C=O) groups excluding carboxylic acids is 2. The molecule has 0 bridgehead atoms. The summed E-state index contributed by atoms with van der Waals surface area (Å²) in [5, 5.41) is 3.14. The van der Waals surface area contributed by atoms with E-state index in [1.54, 1.807) is 49.0 Å². The summed E-state index contributed by atoms with van der Waals surface area (Å²) in [4.78, 5) is 27.3. The van der Waals surface area contributed by atoms with E-state index >= 15 is 0 Å². The maximum Gasteiger partial charge on any atom is 0.261 e. The summed E-state index contributed by atoms with van der Waals surface area (Å²) in [5.74, 6) is 0.176. The van der Waals surface area contributed by atoms with Crippen molar-refractivity contribution < 1.29 is 18.0 Å². The van der Waals surface area contributed by atoms with E-state index in [0.717, 1.165) is 11.1 Å². The van der Waals surface area contributed by atoms with E-state index in [4.69, 9.17) is 11.6 Å². The van der Waals surface area contributed by atoms with Crippen LogP contribution < -0.4 is 10.0 Å². The van der Waals surface area contributed by atoms with Gasteiger partial charge in [-0.05, 0) is 72.1 Å². The highest BCUT2D eigenvalue weighted by molar-refractivity contribution is 8.00. The summed E-state index contributed by atoms with van der Waals surface area (Å²) in [5.41, 5.74) is 3.94. The van der Waals surface area contributed by atoms with E-state index in [1.165, 1.54) is 24.3 Å². The van der Waals surface area contributed by atoms with Gasteiger partial charge in [0.15, 0.2) is 0 Å². The number of anilines is 2.